The molecule has 2 heterocycles. The zero-order chi connectivity index (χ0) is 13.3. The summed E-state index contributed by atoms with van der Waals surface area (Å²) >= 11 is 6.05. The van der Waals surface area contributed by atoms with E-state index in [0.29, 0.717) is 16.7 Å². The Hall–Kier alpha value is -1.21. The third-order valence-corrected chi connectivity index (χ3v) is 3.81. The van der Waals surface area contributed by atoms with Gasteiger partial charge in [-0.2, -0.15) is 19.6 Å². The fourth-order valence-electron chi connectivity index (χ4n) is 1.69. The lowest BCUT2D eigenvalue weighted by Crippen LogP contribution is -2.24. The Kier molecular flexibility index (Phi) is 3.82. The van der Waals surface area contributed by atoms with Crippen molar-refractivity contribution in [3.63, 3.8) is 0 Å². The lowest BCUT2D eigenvalue weighted by atomic mass is 10.3. The van der Waals surface area contributed by atoms with E-state index in [1.54, 1.807) is 10.8 Å². The van der Waals surface area contributed by atoms with Crippen molar-refractivity contribution in [2.24, 2.45) is 0 Å². The van der Waals surface area contributed by atoms with Crippen LogP contribution in [0.3, 0.4) is 0 Å². The number of hydrogen-bond acceptors (Lipinski definition) is 5. The number of hydrogen-bond donors (Lipinski definition) is 1. The number of rotatable bonds is 4. The van der Waals surface area contributed by atoms with Crippen LogP contribution in [0.2, 0.25) is 5.15 Å². The van der Waals surface area contributed by atoms with Crippen molar-refractivity contribution < 1.29 is 4.21 Å². The summed E-state index contributed by atoms with van der Waals surface area (Å²) < 4.78 is 12.8. The maximum Gasteiger partial charge on any atom is 0.255 e. The van der Waals surface area contributed by atoms with E-state index in [1.165, 1.54) is 6.33 Å². The number of nitrogens with zero attached hydrogens (tertiary/aromatic N) is 4. The summed E-state index contributed by atoms with van der Waals surface area (Å²) in [7, 11) is -0.862. The largest absolute Gasteiger partial charge is 0.366 e. The van der Waals surface area contributed by atoms with E-state index in [0.717, 1.165) is 11.4 Å². The number of nitrogens with one attached hydrogen (secondary N) is 1. The molecule has 0 aliphatic carbocycles. The van der Waals surface area contributed by atoms with Crippen LogP contribution in [0.25, 0.3) is 5.78 Å². The molecule has 0 saturated carbocycles. The minimum atomic E-state index is -0.862. The van der Waals surface area contributed by atoms with Gasteiger partial charge in [-0.05, 0) is 13.8 Å². The molecule has 0 aliphatic rings. The Balaban J connectivity index is 2.39. The summed E-state index contributed by atoms with van der Waals surface area (Å²) in [5.74, 6) is 1.73. The highest BCUT2D eigenvalue weighted by Crippen LogP contribution is 2.22. The van der Waals surface area contributed by atoms with E-state index in [9.17, 15) is 4.21 Å². The number of fused-ring (bicyclic) bond motifs is 1. The van der Waals surface area contributed by atoms with Crippen molar-refractivity contribution in [1.82, 2.24) is 19.6 Å². The van der Waals surface area contributed by atoms with Gasteiger partial charge in [-0.25, -0.2) is 0 Å². The van der Waals surface area contributed by atoms with Crippen LogP contribution in [0.15, 0.2) is 6.33 Å². The maximum absolute atomic E-state index is 11.2. The van der Waals surface area contributed by atoms with Crippen LogP contribution in [-0.4, -0.2) is 41.8 Å². The number of aromatic nitrogens is 4. The first-order valence-corrected chi connectivity index (χ1v) is 7.52. The smallest absolute Gasteiger partial charge is 0.255 e. The van der Waals surface area contributed by atoms with Gasteiger partial charge in [-0.1, -0.05) is 11.6 Å². The van der Waals surface area contributed by atoms with Crippen LogP contribution in [0, 0.1) is 6.92 Å². The van der Waals surface area contributed by atoms with E-state index in [1.807, 2.05) is 13.8 Å². The van der Waals surface area contributed by atoms with Crippen LogP contribution in [0.1, 0.15) is 12.5 Å². The standard InChI is InChI=1S/C10H14ClN5OS/c1-6(4-18(3)17)14-9-7(2)8(11)15-10-12-5-13-16(9)10/h5-6,14H,4H2,1-3H3. The molecule has 2 aromatic rings. The molecular weight excluding hydrogens is 274 g/mol. The second-order valence-electron chi connectivity index (χ2n) is 4.13. The van der Waals surface area contributed by atoms with Gasteiger partial charge in [0.1, 0.15) is 17.3 Å². The zero-order valence-electron chi connectivity index (χ0n) is 10.3. The zero-order valence-corrected chi connectivity index (χ0v) is 11.9. The molecule has 0 bridgehead atoms. The summed E-state index contributed by atoms with van der Waals surface area (Å²) in [6.07, 6.45) is 3.10. The number of anilines is 1. The Morgan fingerprint density at radius 1 is 1.61 bits per heavy atom. The van der Waals surface area contributed by atoms with E-state index >= 15 is 0 Å². The van der Waals surface area contributed by atoms with Gasteiger partial charge >= 0.3 is 0 Å². The molecule has 0 aromatic carbocycles. The molecular formula is C10H14ClN5OS. The number of halogens is 1. The first-order chi connectivity index (χ1) is 8.49. The third kappa shape index (κ3) is 2.62. The molecule has 2 aromatic heterocycles. The lowest BCUT2D eigenvalue weighted by molar-refractivity contribution is 0.682. The van der Waals surface area contributed by atoms with Crippen LogP contribution in [0.5, 0.6) is 0 Å². The minimum Gasteiger partial charge on any atom is -0.366 e. The van der Waals surface area contributed by atoms with Gasteiger partial charge in [0.25, 0.3) is 5.78 Å². The van der Waals surface area contributed by atoms with Crippen molar-refractivity contribution in [2.75, 3.05) is 17.3 Å². The molecule has 1 N–H and O–H groups in total. The van der Waals surface area contributed by atoms with E-state index < -0.39 is 10.8 Å². The summed E-state index contributed by atoms with van der Waals surface area (Å²) in [4.78, 5) is 8.12. The van der Waals surface area contributed by atoms with E-state index in [4.69, 9.17) is 11.6 Å². The van der Waals surface area contributed by atoms with Crippen molar-refractivity contribution >= 4 is 34.0 Å². The first-order valence-electron chi connectivity index (χ1n) is 5.41. The molecule has 2 atom stereocenters. The third-order valence-electron chi connectivity index (χ3n) is 2.47. The van der Waals surface area contributed by atoms with Crippen LogP contribution in [-0.2, 0) is 10.8 Å². The topological polar surface area (TPSA) is 72.2 Å². The second kappa shape index (κ2) is 5.19. The van der Waals surface area contributed by atoms with Crippen LogP contribution >= 0.6 is 11.6 Å². The normalized spacial score (nSPS) is 14.7. The fraction of sp³-hybridized carbons (Fsp3) is 0.500. The molecule has 0 aliphatic heterocycles. The first kappa shape index (κ1) is 13.2. The van der Waals surface area contributed by atoms with Gasteiger partial charge in [-0.15, -0.1) is 0 Å². The van der Waals surface area contributed by atoms with E-state index in [2.05, 4.69) is 20.4 Å². The molecule has 98 valence electrons. The fourth-order valence-corrected chi connectivity index (χ4v) is 2.65. The Labute approximate surface area is 112 Å². The van der Waals surface area contributed by atoms with Gasteiger partial charge in [0, 0.05) is 34.4 Å². The van der Waals surface area contributed by atoms with Crippen molar-refractivity contribution in [2.45, 2.75) is 19.9 Å². The molecule has 18 heavy (non-hydrogen) atoms. The molecule has 8 heteroatoms. The van der Waals surface area contributed by atoms with Crippen molar-refractivity contribution in [3.8, 4) is 0 Å². The average Bonchev–Trinajstić information content (AvgIpc) is 2.71. The van der Waals surface area contributed by atoms with Crippen LogP contribution < -0.4 is 5.32 Å². The Morgan fingerprint density at radius 3 is 3.00 bits per heavy atom. The molecule has 2 rings (SSSR count). The minimum absolute atomic E-state index is 0.0420. The van der Waals surface area contributed by atoms with Gasteiger partial charge in [0.15, 0.2) is 0 Å². The van der Waals surface area contributed by atoms with Gasteiger partial charge in [-0.3, -0.25) is 4.21 Å². The molecule has 0 fully saturated rings. The van der Waals surface area contributed by atoms with Crippen LogP contribution in [0.4, 0.5) is 5.82 Å². The maximum atomic E-state index is 11.2. The molecule has 0 amide bonds. The Morgan fingerprint density at radius 2 is 2.33 bits per heavy atom. The molecule has 6 nitrogen and oxygen atoms in total. The summed E-state index contributed by atoms with van der Waals surface area (Å²) in [5.41, 5.74) is 0.795. The highest BCUT2D eigenvalue weighted by molar-refractivity contribution is 7.84. The van der Waals surface area contributed by atoms with Crippen molar-refractivity contribution in [1.29, 1.82) is 0 Å². The average molecular weight is 288 g/mol. The summed E-state index contributed by atoms with van der Waals surface area (Å²) in [6.45, 7) is 3.81. The highest BCUT2D eigenvalue weighted by atomic mass is 35.5. The monoisotopic (exact) mass is 287 g/mol. The molecule has 2 unspecified atom stereocenters. The quantitative estimate of drug-likeness (QED) is 0.857. The van der Waals surface area contributed by atoms with Gasteiger partial charge in [0.05, 0.1) is 0 Å². The Bertz CT molecular complexity index is 599. The summed E-state index contributed by atoms with van der Waals surface area (Å²) in [5, 5.41) is 7.74. The lowest BCUT2D eigenvalue weighted by Gasteiger charge is -2.16. The predicted octanol–water partition coefficient (Wildman–Crippen LogP) is 1.27. The van der Waals surface area contributed by atoms with E-state index in [-0.39, 0.29) is 6.04 Å². The summed E-state index contributed by atoms with van der Waals surface area (Å²) in [6, 6.07) is 0.0420. The second-order valence-corrected chi connectivity index (χ2v) is 5.97. The molecule has 0 spiro atoms. The molecule has 0 saturated heterocycles. The predicted molar refractivity (Wildman–Crippen MR) is 72.5 cm³/mol. The SMILES string of the molecule is Cc1c(Cl)nc2ncnn2c1NC(C)CS(C)=O. The van der Waals surface area contributed by atoms with Crippen molar-refractivity contribution in [3.05, 3.63) is 17.0 Å². The molecule has 0 radical (unpaired) electrons. The highest BCUT2D eigenvalue weighted by Gasteiger charge is 2.14. The van der Waals surface area contributed by atoms with Gasteiger partial charge in [0.2, 0.25) is 0 Å². The van der Waals surface area contributed by atoms with Gasteiger partial charge < -0.3 is 5.32 Å².